The first-order valence-electron chi connectivity index (χ1n) is 20.4. The Morgan fingerprint density at radius 1 is 0.931 bits per heavy atom. The number of hydrogen-bond acceptors (Lipinski definition) is 6. The number of imide groups is 1. The van der Waals surface area contributed by atoms with Gasteiger partial charge in [-0.25, -0.2) is 17.9 Å². The Labute approximate surface area is 342 Å². The van der Waals surface area contributed by atoms with Gasteiger partial charge in [-0.15, -0.1) is 4.31 Å². The average Bonchev–Trinajstić information content (AvgIpc) is 3.66. The van der Waals surface area contributed by atoms with E-state index in [0.29, 0.717) is 30.7 Å². The van der Waals surface area contributed by atoms with Crippen molar-refractivity contribution in [2.75, 3.05) is 6.61 Å². The summed E-state index contributed by atoms with van der Waals surface area (Å²) in [5.74, 6) is -0.595. The fourth-order valence-corrected chi connectivity index (χ4v) is 8.01. The van der Waals surface area contributed by atoms with Gasteiger partial charge >= 0.3 is 12.3 Å². The van der Waals surface area contributed by atoms with E-state index in [1.165, 1.54) is 31.4 Å². The second kappa shape index (κ2) is 22.4. The van der Waals surface area contributed by atoms with Gasteiger partial charge in [0.15, 0.2) is 5.69 Å². The molecule has 58 heavy (non-hydrogen) atoms. The van der Waals surface area contributed by atoms with Crippen molar-refractivity contribution in [2.45, 2.75) is 128 Å². The molecule has 1 aliphatic carbocycles. The van der Waals surface area contributed by atoms with Crippen LogP contribution >= 0.6 is 0 Å². The van der Waals surface area contributed by atoms with E-state index in [0.717, 1.165) is 91.0 Å². The number of hydrogen-bond donors (Lipinski definition) is 0. The number of halogens is 3. The van der Waals surface area contributed by atoms with Crippen molar-refractivity contribution >= 4 is 22.0 Å². The molecule has 0 saturated heterocycles. The summed E-state index contributed by atoms with van der Waals surface area (Å²) in [6, 6.07) is 12.7. The van der Waals surface area contributed by atoms with E-state index in [4.69, 9.17) is 4.74 Å². The van der Waals surface area contributed by atoms with Crippen LogP contribution in [-0.4, -0.2) is 41.1 Å². The zero-order valence-electron chi connectivity index (χ0n) is 34.1. The fourth-order valence-electron chi connectivity index (χ4n) is 6.71. The lowest BCUT2D eigenvalue weighted by molar-refractivity contribution is -0.141. The van der Waals surface area contributed by atoms with Crippen LogP contribution in [0, 0.1) is 12.8 Å². The minimum Gasteiger partial charge on any atom is -0.444 e. The Morgan fingerprint density at radius 2 is 1.57 bits per heavy atom. The normalized spacial score (nSPS) is 14.9. The lowest BCUT2D eigenvalue weighted by Gasteiger charge is -2.24. The number of amides is 2. The highest BCUT2D eigenvalue weighted by molar-refractivity contribution is 7.90. The van der Waals surface area contributed by atoms with Crippen molar-refractivity contribution in [1.82, 2.24) is 14.1 Å². The summed E-state index contributed by atoms with van der Waals surface area (Å²) in [5.41, 5.74) is 2.46. The standard InChI is InChI=1S/C46H58F3N3O5S/c1-5-6-7-8-9-10-11-12-13-14-15-16-17-18-19-20-44(53)52(45(54)57-34-37-23-27-38(28-24-37)35(2)3)58(55,56)41-31-29-40(30-32-41)51-42(33-43(50-51)46(47,48)49)39-25-21-36(4)22-26-39/h9-10,12-13,21-23,25-26,29-33,38H,2,5-8,11,14-20,24,27-28,34H2,1,3-4H3/b10-9-,13-12-/t38-/m1/s1. The van der Waals surface area contributed by atoms with Gasteiger partial charge in [-0.05, 0) is 113 Å². The molecule has 8 nitrogen and oxygen atoms in total. The van der Waals surface area contributed by atoms with Crippen molar-refractivity contribution in [3.63, 3.8) is 0 Å². The fraction of sp³-hybridized carbons (Fsp3) is 0.457. The number of carbonyl (C=O) groups excluding carboxylic acids is 2. The lowest BCUT2D eigenvalue weighted by atomic mass is 9.86. The van der Waals surface area contributed by atoms with E-state index in [2.05, 4.69) is 42.9 Å². The van der Waals surface area contributed by atoms with Crippen LogP contribution in [0.5, 0.6) is 0 Å². The Hall–Kier alpha value is -4.71. The first-order valence-corrected chi connectivity index (χ1v) is 21.9. The molecule has 2 aromatic carbocycles. The molecule has 4 rings (SSSR count). The predicted octanol–water partition coefficient (Wildman–Crippen LogP) is 12.6. The third kappa shape index (κ3) is 13.7. The maximum Gasteiger partial charge on any atom is 0.435 e. The largest absolute Gasteiger partial charge is 0.444 e. The molecule has 3 aromatic rings. The van der Waals surface area contributed by atoms with Gasteiger partial charge in [0.2, 0.25) is 5.91 Å². The van der Waals surface area contributed by atoms with Gasteiger partial charge in [-0.2, -0.15) is 18.3 Å². The van der Waals surface area contributed by atoms with Crippen LogP contribution < -0.4 is 0 Å². The molecular weight excluding hydrogens is 764 g/mol. The molecule has 0 saturated carbocycles. The average molecular weight is 822 g/mol. The van der Waals surface area contributed by atoms with Crippen molar-refractivity contribution in [3.05, 3.63) is 114 Å². The monoisotopic (exact) mass is 821 g/mol. The molecule has 0 spiro atoms. The van der Waals surface area contributed by atoms with Crippen LogP contribution in [0.2, 0.25) is 0 Å². The third-order valence-electron chi connectivity index (χ3n) is 10.3. The van der Waals surface area contributed by atoms with E-state index in [1.807, 2.05) is 19.9 Å². The number of allylic oxidation sites excluding steroid dienone is 6. The van der Waals surface area contributed by atoms with Crippen LogP contribution in [0.3, 0.4) is 0 Å². The van der Waals surface area contributed by atoms with Gasteiger partial charge in [0, 0.05) is 12.0 Å². The molecule has 314 valence electrons. The summed E-state index contributed by atoms with van der Waals surface area (Å²) >= 11 is 0. The SMILES string of the molecule is C=C(C)[C@@H]1CC=C(COC(=O)N(C(=O)CCCCCCC/C=C\C/C=C\CCCCC)S(=O)(=O)c2ccc(-n3nc(C(F)(F)F)cc3-c3ccc(C)cc3)cc2)CC1. The van der Waals surface area contributed by atoms with Crippen molar-refractivity contribution < 1.29 is 35.9 Å². The van der Waals surface area contributed by atoms with Gasteiger partial charge in [-0.3, -0.25) is 4.79 Å². The second-order valence-electron chi connectivity index (χ2n) is 15.1. The minimum absolute atomic E-state index is 0.146. The predicted molar refractivity (Wildman–Crippen MR) is 224 cm³/mol. The Balaban J connectivity index is 1.44. The number of ether oxygens (including phenoxy) is 1. The van der Waals surface area contributed by atoms with Crippen molar-refractivity contribution in [2.24, 2.45) is 5.92 Å². The topological polar surface area (TPSA) is 98.6 Å². The van der Waals surface area contributed by atoms with E-state index in [-0.39, 0.29) is 28.7 Å². The highest BCUT2D eigenvalue weighted by Gasteiger charge is 2.38. The van der Waals surface area contributed by atoms with Gasteiger partial charge in [0.25, 0.3) is 10.0 Å². The quantitative estimate of drug-likeness (QED) is 0.0784. The number of nitrogens with zero attached hydrogens (tertiary/aromatic N) is 3. The number of sulfonamides is 1. The number of aromatic nitrogens is 2. The maximum absolute atomic E-state index is 14.0. The van der Waals surface area contributed by atoms with Gasteiger partial charge < -0.3 is 4.74 Å². The zero-order chi connectivity index (χ0) is 42.1. The molecule has 12 heteroatoms. The summed E-state index contributed by atoms with van der Waals surface area (Å²) in [6.07, 6.45) is 17.3. The molecule has 1 aliphatic rings. The molecule has 0 bridgehead atoms. The maximum atomic E-state index is 14.0. The molecule has 0 N–H and O–H groups in total. The molecule has 2 amide bonds. The summed E-state index contributed by atoms with van der Waals surface area (Å²) in [6.45, 7) is 9.88. The number of unbranched alkanes of at least 4 members (excludes halogenated alkanes) is 8. The number of alkyl halides is 3. The van der Waals surface area contributed by atoms with Crippen molar-refractivity contribution in [3.8, 4) is 16.9 Å². The molecule has 0 fully saturated rings. The number of benzene rings is 2. The van der Waals surface area contributed by atoms with E-state index < -0.39 is 38.8 Å². The first-order chi connectivity index (χ1) is 27.7. The molecule has 1 heterocycles. The van der Waals surface area contributed by atoms with Gasteiger partial charge in [0.1, 0.15) is 6.61 Å². The van der Waals surface area contributed by atoms with E-state index >= 15 is 0 Å². The lowest BCUT2D eigenvalue weighted by Crippen LogP contribution is -2.42. The van der Waals surface area contributed by atoms with Gasteiger partial charge in [-0.1, -0.05) is 111 Å². The van der Waals surface area contributed by atoms with E-state index in [1.54, 1.807) is 24.3 Å². The van der Waals surface area contributed by atoms with Crippen molar-refractivity contribution in [1.29, 1.82) is 0 Å². The van der Waals surface area contributed by atoms with Crippen LogP contribution in [-0.2, 0) is 25.7 Å². The smallest absolute Gasteiger partial charge is 0.435 e. The summed E-state index contributed by atoms with van der Waals surface area (Å²) < 4.78 is 76.2. The Kier molecular flexibility index (Phi) is 17.8. The second-order valence-corrected chi connectivity index (χ2v) is 16.8. The Morgan fingerprint density at radius 3 is 2.17 bits per heavy atom. The minimum atomic E-state index is -4.77. The summed E-state index contributed by atoms with van der Waals surface area (Å²) in [4.78, 5) is 26.7. The number of rotatable bonds is 21. The van der Waals surface area contributed by atoms with Crippen LogP contribution in [0.4, 0.5) is 18.0 Å². The van der Waals surface area contributed by atoms with Crippen LogP contribution in [0.15, 0.2) is 108 Å². The molecule has 0 unspecified atom stereocenters. The third-order valence-corrected chi connectivity index (χ3v) is 12.0. The summed E-state index contributed by atoms with van der Waals surface area (Å²) in [5, 5.41) is 3.80. The number of carbonyl (C=O) groups is 2. The van der Waals surface area contributed by atoms with E-state index in [9.17, 15) is 31.2 Å². The van der Waals surface area contributed by atoms with Crippen LogP contribution in [0.1, 0.15) is 121 Å². The first kappa shape index (κ1) is 46.0. The Bertz CT molecular complexity index is 2010. The summed E-state index contributed by atoms with van der Waals surface area (Å²) in [7, 11) is -4.77. The zero-order valence-corrected chi connectivity index (χ0v) is 34.9. The molecule has 0 radical (unpaired) electrons. The molecule has 1 aromatic heterocycles. The number of aryl methyl sites for hydroxylation is 1. The molecule has 0 aliphatic heterocycles. The molecular formula is C46H58F3N3O5S. The van der Waals surface area contributed by atoms with Gasteiger partial charge in [0.05, 0.1) is 16.3 Å². The van der Waals surface area contributed by atoms with Crippen LogP contribution in [0.25, 0.3) is 16.9 Å². The highest BCUT2D eigenvalue weighted by Crippen LogP contribution is 2.34. The molecule has 1 atom stereocenters. The highest BCUT2D eigenvalue weighted by atomic mass is 32.2.